The van der Waals surface area contributed by atoms with Gasteiger partial charge < -0.3 is 9.47 Å². The van der Waals surface area contributed by atoms with Gasteiger partial charge in [-0.3, -0.25) is 0 Å². The average Bonchev–Trinajstić information content (AvgIpc) is 2.73. The molecule has 3 heteroatoms. The Hall–Kier alpha value is -1.61. The number of benzene rings is 2. The van der Waals surface area contributed by atoms with Gasteiger partial charge in [0.2, 0.25) is 0 Å². The fraction of sp³-hybridized carbons (Fsp3) is 0.500. The zero-order chi connectivity index (χ0) is 19.3. The Morgan fingerprint density at radius 1 is 0.889 bits per heavy atom. The smallest absolute Gasteiger partial charge is 0.132 e. The van der Waals surface area contributed by atoms with Crippen LogP contribution in [0.25, 0.3) is 0 Å². The number of fused-ring (bicyclic) bond motifs is 1. The summed E-state index contributed by atoms with van der Waals surface area (Å²) >= 11 is 1.87. The van der Waals surface area contributed by atoms with E-state index in [2.05, 4.69) is 57.2 Å². The Balaban J connectivity index is 0.000000380. The molecule has 1 atom stereocenters. The molecule has 2 aromatic carbocycles. The zero-order valence-corrected chi connectivity index (χ0v) is 17.9. The molecule has 0 N–H and O–H groups in total. The topological polar surface area (TPSA) is 18.5 Å². The van der Waals surface area contributed by atoms with E-state index in [-0.39, 0.29) is 0 Å². The van der Waals surface area contributed by atoms with Crippen LogP contribution in [0.4, 0.5) is 0 Å². The normalized spacial score (nSPS) is 15.1. The van der Waals surface area contributed by atoms with Gasteiger partial charge in [0.25, 0.3) is 0 Å². The highest BCUT2D eigenvalue weighted by atomic mass is 32.2. The van der Waals surface area contributed by atoms with Crippen LogP contribution in [0, 0.1) is 0 Å². The molecule has 0 spiro atoms. The summed E-state index contributed by atoms with van der Waals surface area (Å²) in [4.78, 5) is 1.22. The summed E-state index contributed by atoms with van der Waals surface area (Å²) in [6.45, 7) is 8.15. The van der Waals surface area contributed by atoms with Gasteiger partial charge in [0.15, 0.2) is 0 Å². The van der Waals surface area contributed by atoms with E-state index in [9.17, 15) is 0 Å². The zero-order valence-electron chi connectivity index (χ0n) is 17.1. The Morgan fingerprint density at radius 3 is 2.22 bits per heavy atom. The lowest BCUT2D eigenvalue weighted by atomic mass is 10.1. The maximum Gasteiger partial charge on any atom is 0.132 e. The summed E-state index contributed by atoms with van der Waals surface area (Å²) in [5, 5.41) is 0.351. The van der Waals surface area contributed by atoms with Crippen LogP contribution >= 0.6 is 11.8 Å². The third-order valence-corrected chi connectivity index (χ3v) is 5.77. The maximum atomic E-state index is 5.85. The minimum Gasteiger partial charge on any atom is -0.494 e. The molecule has 0 amide bonds. The van der Waals surface area contributed by atoms with E-state index in [1.54, 1.807) is 0 Å². The molecule has 1 aliphatic rings. The molecule has 0 bridgehead atoms. The van der Waals surface area contributed by atoms with E-state index in [0.717, 1.165) is 37.6 Å². The van der Waals surface area contributed by atoms with E-state index in [1.807, 2.05) is 23.9 Å². The summed E-state index contributed by atoms with van der Waals surface area (Å²) in [6, 6.07) is 16.6. The van der Waals surface area contributed by atoms with Crippen LogP contribution in [0.15, 0.2) is 53.4 Å². The number of para-hydroxylation sites is 1. The van der Waals surface area contributed by atoms with Gasteiger partial charge in [-0.15, -0.1) is 11.8 Å². The number of unbranched alkanes of at least 4 members (excludes halogenated alkanes) is 4. The standard InChI is InChI=1S/C18H20O2S.C6H14/c1-2-3-12-19-15-10-8-14(9-11-15)18-13-20-16-6-4-5-7-17(16)21-18;1-3-5-6-4-2/h4-11,18H,2-3,12-13H2,1H3;3-6H2,1-2H3. The maximum absolute atomic E-state index is 5.85. The number of hydrogen-bond acceptors (Lipinski definition) is 3. The predicted octanol–water partition coefficient (Wildman–Crippen LogP) is 7.68. The van der Waals surface area contributed by atoms with E-state index < -0.39 is 0 Å². The van der Waals surface area contributed by atoms with Crippen LogP contribution in [-0.4, -0.2) is 13.2 Å². The highest BCUT2D eigenvalue weighted by Crippen LogP contribution is 2.44. The van der Waals surface area contributed by atoms with Crippen LogP contribution in [0.2, 0.25) is 0 Å². The molecule has 0 aromatic heterocycles. The minimum absolute atomic E-state index is 0.351. The first-order chi connectivity index (χ1) is 13.3. The number of rotatable bonds is 8. The summed E-state index contributed by atoms with van der Waals surface area (Å²) in [7, 11) is 0. The molecule has 1 heterocycles. The Morgan fingerprint density at radius 2 is 1.56 bits per heavy atom. The number of thioether (sulfide) groups is 1. The quantitative estimate of drug-likeness (QED) is 0.433. The molecule has 1 unspecified atom stereocenters. The third kappa shape index (κ3) is 7.50. The van der Waals surface area contributed by atoms with E-state index in [1.165, 1.54) is 36.1 Å². The Labute approximate surface area is 169 Å². The minimum atomic E-state index is 0.351. The van der Waals surface area contributed by atoms with Crippen LogP contribution in [0.1, 0.15) is 70.1 Å². The van der Waals surface area contributed by atoms with Crippen molar-refractivity contribution < 1.29 is 9.47 Å². The van der Waals surface area contributed by atoms with E-state index in [0.29, 0.717) is 5.25 Å². The molecule has 2 aromatic rings. The second-order valence-electron chi connectivity index (χ2n) is 6.84. The predicted molar refractivity (Wildman–Crippen MR) is 117 cm³/mol. The average molecular weight is 387 g/mol. The van der Waals surface area contributed by atoms with Gasteiger partial charge in [0, 0.05) is 0 Å². The molecule has 2 nitrogen and oxygen atoms in total. The lowest BCUT2D eigenvalue weighted by molar-refractivity contribution is 0.302. The molecule has 0 aliphatic carbocycles. The molecule has 27 heavy (non-hydrogen) atoms. The molecular formula is C24H34O2S. The van der Waals surface area contributed by atoms with Crippen LogP contribution in [0.3, 0.4) is 0 Å². The Kier molecular flexibility index (Phi) is 10.2. The number of ether oxygens (including phenoxy) is 2. The van der Waals surface area contributed by atoms with Crippen molar-refractivity contribution in [1.82, 2.24) is 0 Å². The van der Waals surface area contributed by atoms with Gasteiger partial charge in [-0.25, -0.2) is 0 Å². The second kappa shape index (κ2) is 12.7. The molecule has 0 saturated heterocycles. The lowest BCUT2D eigenvalue weighted by Crippen LogP contribution is -2.12. The van der Waals surface area contributed by atoms with Gasteiger partial charge in [-0.2, -0.15) is 0 Å². The first kappa shape index (κ1) is 21.7. The Bertz CT molecular complexity index is 635. The third-order valence-electron chi connectivity index (χ3n) is 4.48. The fourth-order valence-electron chi connectivity index (χ4n) is 2.80. The van der Waals surface area contributed by atoms with Crippen molar-refractivity contribution in [3.8, 4) is 11.5 Å². The first-order valence-electron chi connectivity index (χ1n) is 10.4. The van der Waals surface area contributed by atoms with Crippen LogP contribution < -0.4 is 9.47 Å². The van der Waals surface area contributed by atoms with E-state index in [4.69, 9.17) is 9.47 Å². The van der Waals surface area contributed by atoms with Crippen LogP contribution in [-0.2, 0) is 0 Å². The molecule has 148 valence electrons. The van der Waals surface area contributed by atoms with Gasteiger partial charge in [0.1, 0.15) is 18.1 Å². The molecule has 1 aliphatic heterocycles. The molecular weight excluding hydrogens is 352 g/mol. The van der Waals surface area contributed by atoms with Gasteiger partial charge in [-0.05, 0) is 36.2 Å². The molecule has 0 saturated carbocycles. The molecule has 3 rings (SSSR count). The number of hydrogen-bond donors (Lipinski definition) is 0. The van der Waals surface area contributed by atoms with Crippen molar-refractivity contribution in [2.45, 2.75) is 69.4 Å². The summed E-state index contributed by atoms with van der Waals surface area (Å²) in [6.07, 6.45) is 7.80. The SMILES string of the molecule is CCCCCC.CCCCOc1ccc(C2COc3ccccc3S2)cc1. The summed E-state index contributed by atoms with van der Waals surface area (Å²) in [5.74, 6) is 1.95. The van der Waals surface area contributed by atoms with Crippen molar-refractivity contribution in [2.24, 2.45) is 0 Å². The van der Waals surface area contributed by atoms with Crippen molar-refractivity contribution in [3.63, 3.8) is 0 Å². The van der Waals surface area contributed by atoms with Crippen molar-refractivity contribution in [3.05, 3.63) is 54.1 Å². The van der Waals surface area contributed by atoms with E-state index >= 15 is 0 Å². The summed E-state index contributed by atoms with van der Waals surface area (Å²) < 4.78 is 11.6. The highest BCUT2D eigenvalue weighted by molar-refractivity contribution is 7.99. The molecule has 0 fully saturated rings. The van der Waals surface area contributed by atoms with Gasteiger partial charge in [0.05, 0.1) is 16.8 Å². The van der Waals surface area contributed by atoms with Crippen molar-refractivity contribution in [1.29, 1.82) is 0 Å². The van der Waals surface area contributed by atoms with Gasteiger partial charge in [-0.1, -0.05) is 77.1 Å². The van der Waals surface area contributed by atoms with Crippen molar-refractivity contribution in [2.75, 3.05) is 13.2 Å². The largest absolute Gasteiger partial charge is 0.494 e. The lowest BCUT2D eigenvalue weighted by Gasteiger charge is -2.25. The monoisotopic (exact) mass is 386 g/mol. The second-order valence-corrected chi connectivity index (χ2v) is 8.09. The highest BCUT2D eigenvalue weighted by Gasteiger charge is 2.21. The van der Waals surface area contributed by atoms with Gasteiger partial charge >= 0.3 is 0 Å². The fourth-order valence-corrected chi connectivity index (χ4v) is 3.93. The van der Waals surface area contributed by atoms with Crippen molar-refractivity contribution >= 4 is 11.8 Å². The van der Waals surface area contributed by atoms with Crippen LogP contribution in [0.5, 0.6) is 11.5 Å². The summed E-state index contributed by atoms with van der Waals surface area (Å²) in [5.41, 5.74) is 1.29. The molecule has 0 radical (unpaired) electrons. The first-order valence-corrected chi connectivity index (χ1v) is 11.3.